The van der Waals surface area contributed by atoms with E-state index in [4.69, 9.17) is 4.74 Å². The molecule has 0 unspecified atom stereocenters. The second kappa shape index (κ2) is 7.32. The molecule has 1 amide bonds. The van der Waals surface area contributed by atoms with E-state index in [0.29, 0.717) is 32.0 Å². The molecule has 6 nitrogen and oxygen atoms in total. The van der Waals surface area contributed by atoms with Gasteiger partial charge in [-0.25, -0.2) is 8.42 Å². The van der Waals surface area contributed by atoms with Gasteiger partial charge in [0.05, 0.1) is 13.2 Å². The zero-order chi connectivity index (χ0) is 17.2. The SMILES string of the molecule is O=C(Nc1cccc(Br)c1)c1sccc1S(=O)(=O)N1CCOCC1. The molecule has 0 aliphatic carbocycles. The number of carbonyl (C=O) groups excluding carboxylic acids is 1. The third kappa shape index (κ3) is 3.70. The molecule has 1 aromatic heterocycles. The first kappa shape index (κ1) is 17.6. The van der Waals surface area contributed by atoms with Crippen LogP contribution in [-0.2, 0) is 14.8 Å². The monoisotopic (exact) mass is 430 g/mol. The molecule has 1 aliphatic rings. The van der Waals surface area contributed by atoms with Crippen LogP contribution in [-0.4, -0.2) is 44.9 Å². The summed E-state index contributed by atoms with van der Waals surface area (Å²) in [5.41, 5.74) is 0.595. The number of sulfonamides is 1. The number of hydrogen-bond donors (Lipinski definition) is 1. The summed E-state index contributed by atoms with van der Waals surface area (Å²) in [5, 5.41) is 4.35. The van der Waals surface area contributed by atoms with Crippen molar-refractivity contribution in [3.63, 3.8) is 0 Å². The number of rotatable bonds is 4. The van der Waals surface area contributed by atoms with Crippen molar-refractivity contribution in [2.45, 2.75) is 4.90 Å². The van der Waals surface area contributed by atoms with E-state index in [-0.39, 0.29) is 9.77 Å². The predicted molar refractivity (Wildman–Crippen MR) is 96.0 cm³/mol. The lowest BCUT2D eigenvalue weighted by molar-refractivity contribution is 0.0730. The molecule has 1 fully saturated rings. The second-order valence-corrected chi connectivity index (χ2v) is 8.83. The van der Waals surface area contributed by atoms with E-state index in [9.17, 15) is 13.2 Å². The van der Waals surface area contributed by atoms with Crippen LogP contribution in [0.1, 0.15) is 9.67 Å². The van der Waals surface area contributed by atoms with Crippen molar-refractivity contribution in [3.8, 4) is 0 Å². The van der Waals surface area contributed by atoms with E-state index < -0.39 is 15.9 Å². The Hall–Kier alpha value is -1.26. The Morgan fingerprint density at radius 3 is 2.71 bits per heavy atom. The average molecular weight is 431 g/mol. The molecule has 1 saturated heterocycles. The van der Waals surface area contributed by atoms with Crippen LogP contribution in [0.25, 0.3) is 0 Å². The number of thiophene rings is 1. The van der Waals surface area contributed by atoms with Gasteiger partial charge in [-0.15, -0.1) is 11.3 Å². The van der Waals surface area contributed by atoms with Crippen molar-refractivity contribution in [1.29, 1.82) is 0 Å². The number of benzene rings is 1. The highest BCUT2D eigenvalue weighted by Gasteiger charge is 2.31. The van der Waals surface area contributed by atoms with Crippen molar-refractivity contribution in [1.82, 2.24) is 4.31 Å². The lowest BCUT2D eigenvalue weighted by atomic mass is 10.3. The molecule has 0 saturated carbocycles. The van der Waals surface area contributed by atoms with E-state index in [1.54, 1.807) is 23.6 Å². The van der Waals surface area contributed by atoms with Crippen LogP contribution in [0, 0.1) is 0 Å². The minimum absolute atomic E-state index is 0.0434. The Balaban J connectivity index is 1.85. The molecule has 0 atom stereocenters. The Morgan fingerprint density at radius 1 is 1.25 bits per heavy atom. The van der Waals surface area contributed by atoms with Gasteiger partial charge in [0.15, 0.2) is 0 Å². The first-order chi connectivity index (χ1) is 11.5. The van der Waals surface area contributed by atoms with E-state index in [1.165, 1.54) is 10.4 Å². The van der Waals surface area contributed by atoms with Crippen LogP contribution in [0.3, 0.4) is 0 Å². The fourth-order valence-corrected chi connectivity index (χ4v) is 5.45. The standard InChI is InChI=1S/C15H15BrN2O4S2/c16-11-2-1-3-12(10-11)17-15(19)14-13(4-9-23-14)24(20,21)18-5-7-22-8-6-18/h1-4,9-10H,5-8H2,(H,17,19). The van der Waals surface area contributed by atoms with Gasteiger partial charge in [0.1, 0.15) is 9.77 Å². The number of halogens is 1. The van der Waals surface area contributed by atoms with Gasteiger partial charge in [-0.05, 0) is 29.6 Å². The summed E-state index contributed by atoms with van der Waals surface area (Å²) < 4.78 is 32.9. The number of nitrogens with one attached hydrogen (secondary N) is 1. The molecule has 2 heterocycles. The van der Waals surface area contributed by atoms with Crippen LogP contribution in [0.4, 0.5) is 5.69 Å². The minimum atomic E-state index is -3.70. The number of hydrogen-bond acceptors (Lipinski definition) is 5. The van der Waals surface area contributed by atoms with E-state index in [2.05, 4.69) is 21.2 Å². The van der Waals surface area contributed by atoms with Crippen molar-refractivity contribution < 1.29 is 17.9 Å². The van der Waals surface area contributed by atoms with Crippen LogP contribution in [0.2, 0.25) is 0 Å². The lowest BCUT2D eigenvalue weighted by Gasteiger charge is -2.26. The highest BCUT2D eigenvalue weighted by molar-refractivity contribution is 9.10. The van der Waals surface area contributed by atoms with Crippen LogP contribution in [0.5, 0.6) is 0 Å². The van der Waals surface area contributed by atoms with Crippen molar-refractivity contribution >= 4 is 48.9 Å². The Labute approximate surface area is 152 Å². The normalized spacial score (nSPS) is 16.0. The zero-order valence-corrected chi connectivity index (χ0v) is 15.8. The van der Waals surface area contributed by atoms with Gasteiger partial charge in [-0.3, -0.25) is 4.79 Å². The summed E-state index contributed by atoms with van der Waals surface area (Å²) >= 11 is 4.45. The van der Waals surface area contributed by atoms with Crippen LogP contribution < -0.4 is 5.32 Å². The Bertz CT molecular complexity index is 845. The molecule has 2 aromatic rings. The maximum absolute atomic E-state index is 12.8. The number of nitrogens with zero attached hydrogens (tertiary/aromatic N) is 1. The lowest BCUT2D eigenvalue weighted by Crippen LogP contribution is -2.41. The summed E-state index contributed by atoms with van der Waals surface area (Å²) in [6.45, 7) is 1.32. The first-order valence-electron chi connectivity index (χ1n) is 7.21. The van der Waals surface area contributed by atoms with Gasteiger partial charge in [-0.2, -0.15) is 4.31 Å². The highest BCUT2D eigenvalue weighted by atomic mass is 79.9. The maximum atomic E-state index is 12.8. The average Bonchev–Trinajstić information content (AvgIpc) is 3.06. The molecular weight excluding hydrogens is 416 g/mol. The summed E-state index contributed by atoms with van der Waals surface area (Å²) in [6, 6.07) is 8.61. The summed E-state index contributed by atoms with van der Waals surface area (Å²) in [5.74, 6) is -0.435. The molecule has 3 rings (SSSR count). The van der Waals surface area contributed by atoms with Crippen molar-refractivity contribution in [3.05, 3.63) is 45.1 Å². The number of ether oxygens (including phenoxy) is 1. The molecule has 0 radical (unpaired) electrons. The molecule has 9 heteroatoms. The number of morpholine rings is 1. The third-order valence-corrected chi connectivity index (χ3v) is 6.98. The Kier molecular flexibility index (Phi) is 5.36. The Morgan fingerprint density at radius 2 is 2.00 bits per heavy atom. The fourth-order valence-electron chi connectivity index (χ4n) is 2.35. The molecule has 1 N–H and O–H groups in total. The molecule has 1 aromatic carbocycles. The number of anilines is 1. The van der Waals surface area contributed by atoms with Gasteiger partial charge >= 0.3 is 0 Å². The molecular formula is C15H15BrN2O4S2. The van der Waals surface area contributed by atoms with Crippen LogP contribution >= 0.6 is 27.3 Å². The van der Waals surface area contributed by atoms with Gasteiger partial charge < -0.3 is 10.1 Å². The molecule has 1 aliphatic heterocycles. The van der Waals surface area contributed by atoms with Crippen molar-refractivity contribution in [2.75, 3.05) is 31.6 Å². The largest absolute Gasteiger partial charge is 0.379 e. The first-order valence-corrected chi connectivity index (χ1v) is 10.3. The second-order valence-electron chi connectivity index (χ2n) is 5.09. The van der Waals surface area contributed by atoms with Crippen LogP contribution in [0.15, 0.2) is 45.1 Å². The topological polar surface area (TPSA) is 75.7 Å². The summed E-state index contributed by atoms with van der Waals surface area (Å²) in [7, 11) is -3.70. The fraction of sp³-hybridized carbons (Fsp3) is 0.267. The number of carbonyl (C=O) groups is 1. The number of amides is 1. The quantitative estimate of drug-likeness (QED) is 0.808. The van der Waals surface area contributed by atoms with Gasteiger partial charge in [0.25, 0.3) is 5.91 Å². The molecule has 0 bridgehead atoms. The van der Waals surface area contributed by atoms with E-state index >= 15 is 0 Å². The van der Waals surface area contributed by atoms with E-state index in [1.807, 2.05) is 6.07 Å². The molecule has 0 spiro atoms. The van der Waals surface area contributed by atoms with Gasteiger partial charge in [0, 0.05) is 23.2 Å². The van der Waals surface area contributed by atoms with E-state index in [0.717, 1.165) is 15.8 Å². The smallest absolute Gasteiger partial charge is 0.267 e. The predicted octanol–water partition coefficient (Wildman–Crippen LogP) is 2.78. The van der Waals surface area contributed by atoms with Gasteiger partial charge in [0.2, 0.25) is 10.0 Å². The maximum Gasteiger partial charge on any atom is 0.267 e. The molecule has 24 heavy (non-hydrogen) atoms. The van der Waals surface area contributed by atoms with Crippen molar-refractivity contribution in [2.24, 2.45) is 0 Å². The molecule has 128 valence electrons. The third-order valence-electron chi connectivity index (χ3n) is 3.51. The zero-order valence-electron chi connectivity index (χ0n) is 12.6. The summed E-state index contributed by atoms with van der Waals surface area (Å²) in [4.78, 5) is 12.7. The van der Waals surface area contributed by atoms with Gasteiger partial charge in [-0.1, -0.05) is 22.0 Å². The highest BCUT2D eigenvalue weighted by Crippen LogP contribution is 2.27. The minimum Gasteiger partial charge on any atom is -0.379 e. The summed E-state index contributed by atoms with van der Waals surface area (Å²) in [6.07, 6.45) is 0.